The van der Waals surface area contributed by atoms with Gasteiger partial charge in [0.1, 0.15) is 5.75 Å². The molecule has 2 fully saturated rings. The molecule has 4 rings (SSSR count). The van der Waals surface area contributed by atoms with Crippen molar-refractivity contribution in [3.05, 3.63) is 48.2 Å². The molecule has 2 aliphatic heterocycles. The monoisotopic (exact) mass is 432 g/mol. The molecule has 4 N–H and O–H groups in total. The Bertz CT molecular complexity index is 1050. The molecule has 0 saturated carbocycles. The molecular weight excluding hydrogens is 404 g/mol. The molecule has 2 aromatic rings. The molecule has 9 heteroatoms. The third kappa shape index (κ3) is 4.45. The Kier molecular flexibility index (Phi) is 5.99. The van der Waals surface area contributed by atoms with Crippen LogP contribution in [0.4, 0.5) is 0 Å². The number of allylic oxidation sites excluding steroid dienone is 1. The van der Waals surface area contributed by atoms with Crippen LogP contribution in [0.25, 0.3) is 10.8 Å². The number of rotatable bonds is 5. The molecule has 162 valence electrons. The molecule has 1 unspecified atom stereocenters. The summed E-state index contributed by atoms with van der Waals surface area (Å²) in [5, 5.41) is 18.3. The SMILES string of the molecule is C=C(Cc1ccc2cc(S(=O)(=O)O)cc(O)c2c1)N1CCNCC1N1CCNCC1. The fourth-order valence-corrected chi connectivity index (χ4v) is 4.86. The highest BCUT2D eigenvalue weighted by molar-refractivity contribution is 7.85. The van der Waals surface area contributed by atoms with Crippen LogP contribution in [0.15, 0.2) is 47.5 Å². The van der Waals surface area contributed by atoms with Crippen molar-refractivity contribution in [2.75, 3.05) is 45.8 Å². The van der Waals surface area contributed by atoms with Crippen LogP contribution in [-0.2, 0) is 16.5 Å². The second kappa shape index (κ2) is 8.52. The first-order valence-electron chi connectivity index (χ1n) is 10.2. The molecule has 2 heterocycles. The Balaban J connectivity index is 1.55. The fraction of sp³-hybridized carbons (Fsp3) is 0.429. The lowest BCUT2D eigenvalue weighted by molar-refractivity contribution is 0.0385. The van der Waals surface area contributed by atoms with Gasteiger partial charge in [-0.25, -0.2) is 0 Å². The maximum atomic E-state index is 11.4. The van der Waals surface area contributed by atoms with Crippen molar-refractivity contribution in [2.24, 2.45) is 0 Å². The maximum Gasteiger partial charge on any atom is 0.294 e. The van der Waals surface area contributed by atoms with Gasteiger partial charge in [-0.3, -0.25) is 9.45 Å². The van der Waals surface area contributed by atoms with E-state index in [1.165, 1.54) is 6.07 Å². The zero-order valence-corrected chi connectivity index (χ0v) is 17.7. The van der Waals surface area contributed by atoms with Crippen LogP contribution >= 0.6 is 0 Å². The lowest BCUT2D eigenvalue weighted by Crippen LogP contribution is -2.62. The van der Waals surface area contributed by atoms with Crippen molar-refractivity contribution in [2.45, 2.75) is 17.5 Å². The quantitative estimate of drug-likeness (QED) is 0.519. The standard InChI is InChI=1S/C21H28N4O4S/c1-15(25-9-6-23-14-21(25)24-7-4-22-5-8-24)10-16-2-3-17-12-18(30(27,28)29)13-20(26)19(17)11-16/h2-3,11-13,21-23,26H,1,4-10,14H2,(H,27,28,29). The third-order valence-corrected chi connectivity index (χ3v) is 6.70. The number of phenols is 1. The number of aromatic hydroxyl groups is 1. The highest BCUT2D eigenvalue weighted by Crippen LogP contribution is 2.30. The van der Waals surface area contributed by atoms with E-state index in [-0.39, 0.29) is 16.8 Å². The average Bonchev–Trinajstić information content (AvgIpc) is 2.74. The molecule has 0 radical (unpaired) electrons. The fourth-order valence-electron chi connectivity index (χ4n) is 4.32. The van der Waals surface area contributed by atoms with E-state index in [2.05, 4.69) is 27.0 Å². The van der Waals surface area contributed by atoms with Crippen molar-refractivity contribution in [3.63, 3.8) is 0 Å². The number of benzene rings is 2. The minimum Gasteiger partial charge on any atom is -0.507 e. The lowest BCUT2D eigenvalue weighted by atomic mass is 10.0. The van der Waals surface area contributed by atoms with Gasteiger partial charge in [0.2, 0.25) is 0 Å². The topological polar surface area (TPSA) is 105 Å². The minimum atomic E-state index is -4.37. The Hall–Kier alpha value is -2.17. The van der Waals surface area contributed by atoms with Gasteiger partial charge >= 0.3 is 0 Å². The van der Waals surface area contributed by atoms with E-state index in [1.807, 2.05) is 12.1 Å². The van der Waals surface area contributed by atoms with Gasteiger partial charge in [0.25, 0.3) is 10.1 Å². The van der Waals surface area contributed by atoms with Crippen LogP contribution in [-0.4, -0.2) is 79.9 Å². The summed E-state index contributed by atoms with van der Waals surface area (Å²) in [6, 6.07) is 7.96. The number of hydrogen-bond donors (Lipinski definition) is 4. The summed E-state index contributed by atoms with van der Waals surface area (Å²) in [5.74, 6) is -0.173. The summed E-state index contributed by atoms with van der Waals surface area (Å²) in [6.45, 7) is 11.1. The maximum absolute atomic E-state index is 11.4. The zero-order chi connectivity index (χ0) is 21.3. The van der Waals surface area contributed by atoms with E-state index >= 15 is 0 Å². The molecule has 2 aliphatic rings. The van der Waals surface area contributed by atoms with Crippen molar-refractivity contribution in [3.8, 4) is 5.75 Å². The van der Waals surface area contributed by atoms with Crippen LogP contribution in [0, 0.1) is 0 Å². The molecule has 0 aliphatic carbocycles. The van der Waals surface area contributed by atoms with Gasteiger partial charge in [-0.2, -0.15) is 8.42 Å². The van der Waals surface area contributed by atoms with Crippen LogP contribution in [0.1, 0.15) is 5.56 Å². The first-order chi connectivity index (χ1) is 14.3. The second-order valence-corrected chi connectivity index (χ2v) is 9.30. The van der Waals surface area contributed by atoms with Gasteiger partial charge in [0, 0.05) is 69.4 Å². The van der Waals surface area contributed by atoms with Crippen molar-refractivity contribution < 1.29 is 18.1 Å². The number of nitrogens with one attached hydrogen (secondary N) is 2. The van der Waals surface area contributed by atoms with Crippen LogP contribution in [0.5, 0.6) is 5.75 Å². The normalized spacial score (nSPS) is 21.1. The number of fused-ring (bicyclic) bond motifs is 1. The molecular formula is C21H28N4O4S. The van der Waals surface area contributed by atoms with Gasteiger partial charge in [0.05, 0.1) is 11.1 Å². The van der Waals surface area contributed by atoms with E-state index < -0.39 is 10.1 Å². The van der Waals surface area contributed by atoms with E-state index in [0.717, 1.165) is 63.1 Å². The summed E-state index contributed by atoms with van der Waals surface area (Å²) >= 11 is 0. The summed E-state index contributed by atoms with van der Waals surface area (Å²) in [6.07, 6.45) is 0.914. The van der Waals surface area contributed by atoms with Crippen molar-refractivity contribution >= 4 is 20.9 Å². The first-order valence-corrected chi connectivity index (χ1v) is 11.6. The van der Waals surface area contributed by atoms with Crippen molar-refractivity contribution in [1.82, 2.24) is 20.4 Å². The lowest BCUT2D eigenvalue weighted by Gasteiger charge is -2.46. The predicted octanol–water partition coefficient (Wildman–Crippen LogP) is 0.985. The molecule has 2 aromatic carbocycles. The van der Waals surface area contributed by atoms with Gasteiger partial charge in [-0.1, -0.05) is 18.7 Å². The van der Waals surface area contributed by atoms with E-state index in [0.29, 0.717) is 17.2 Å². The number of phenolic OH excluding ortho intramolecular Hbond substituents is 1. The highest BCUT2D eigenvalue weighted by atomic mass is 32.2. The Morgan fingerprint density at radius 3 is 2.57 bits per heavy atom. The van der Waals surface area contributed by atoms with Crippen molar-refractivity contribution in [1.29, 1.82) is 0 Å². The highest BCUT2D eigenvalue weighted by Gasteiger charge is 2.29. The molecule has 2 saturated heterocycles. The summed E-state index contributed by atoms with van der Waals surface area (Å²) in [5.41, 5.74) is 2.01. The molecule has 0 aromatic heterocycles. The molecule has 0 spiro atoms. The molecule has 30 heavy (non-hydrogen) atoms. The van der Waals surface area contributed by atoms with Crippen LogP contribution < -0.4 is 10.6 Å². The number of nitrogens with zero attached hydrogens (tertiary/aromatic N) is 2. The minimum absolute atomic E-state index is 0.173. The predicted molar refractivity (Wildman–Crippen MR) is 116 cm³/mol. The summed E-state index contributed by atoms with van der Waals surface area (Å²) < 4.78 is 32.0. The van der Waals surface area contributed by atoms with E-state index in [1.54, 1.807) is 6.07 Å². The largest absolute Gasteiger partial charge is 0.507 e. The van der Waals surface area contributed by atoms with Gasteiger partial charge in [-0.15, -0.1) is 0 Å². The van der Waals surface area contributed by atoms with Crippen LogP contribution in [0.2, 0.25) is 0 Å². The molecule has 8 nitrogen and oxygen atoms in total. The number of hydrogen-bond acceptors (Lipinski definition) is 7. The van der Waals surface area contributed by atoms with E-state index in [9.17, 15) is 18.1 Å². The first kappa shape index (κ1) is 21.1. The average molecular weight is 433 g/mol. The summed E-state index contributed by atoms with van der Waals surface area (Å²) in [4.78, 5) is 4.54. The molecule has 0 amide bonds. The van der Waals surface area contributed by atoms with Gasteiger partial charge in [-0.05, 0) is 23.1 Å². The molecule has 1 atom stereocenters. The second-order valence-electron chi connectivity index (χ2n) is 7.88. The molecule has 0 bridgehead atoms. The zero-order valence-electron chi connectivity index (χ0n) is 16.8. The van der Waals surface area contributed by atoms with Crippen LogP contribution in [0.3, 0.4) is 0 Å². The van der Waals surface area contributed by atoms with E-state index in [4.69, 9.17) is 0 Å². The Morgan fingerprint density at radius 1 is 1.10 bits per heavy atom. The third-order valence-electron chi connectivity index (χ3n) is 5.87. The smallest absolute Gasteiger partial charge is 0.294 e. The summed E-state index contributed by atoms with van der Waals surface area (Å²) in [7, 11) is -4.37. The van der Waals surface area contributed by atoms with Gasteiger partial charge in [0.15, 0.2) is 0 Å². The van der Waals surface area contributed by atoms with Gasteiger partial charge < -0.3 is 20.6 Å². The number of piperazine rings is 2. The Labute approximate surface area is 176 Å². The Morgan fingerprint density at radius 2 is 1.83 bits per heavy atom.